The van der Waals surface area contributed by atoms with E-state index in [1.807, 2.05) is 27.7 Å². The number of allylic oxidation sites excluding steroid dienone is 1. The lowest BCUT2D eigenvalue weighted by Gasteiger charge is -2.44. The maximum Gasteiger partial charge on any atom is 0.315 e. The summed E-state index contributed by atoms with van der Waals surface area (Å²) in [4.78, 5) is 69.6. The Morgan fingerprint density at radius 3 is 2.12 bits per heavy atom. The third-order valence-electron chi connectivity index (χ3n) is 11.0. The van der Waals surface area contributed by atoms with E-state index in [0.29, 0.717) is 37.6 Å². The largest absolute Gasteiger partial charge is 0.349 e. The molecule has 0 spiro atoms. The summed E-state index contributed by atoms with van der Waals surface area (Å²) in [6, 6.07) is -3.15. The highest BCUT2D eigenvalue weighted by atomic mass is 32.2. The SMILES string of the molecule is C/C=C\CC(NC(=O)[C@@H]1CCCN1C(=O)[C@@H](NC(=O)NC1(CS(=O)C(C)(C)C)CCCCC1)C1(C)CCCCC1)C(=O)C(=O)NCC1CC1. The number of hydrogen-bond donors (Lipinski definition) is 4. The Balaban J connectivity index is 1.51. The predicted octanol–water partition coefficient (Wildman–Crippen LogP) is 4.41. The molecule has 11 nitrogen and oxygen atoms in total. The van der Waals surface area contributed by atoms with Crippen LogP contribution in [0.1, 0.15) is 131 Å². The molecule has 4 rings (SSSR count). The number of Topliss-reactive ketones (excluding diaryl/α,β-unsaturated/α-hetero) is 1. The smallest absolute Gasteiger partial charge is 0.315 e. The van der Waals surface area contributed by atoms with E-state index in [1.165, 1.54) is 0 Å². The normalized spacial score (nSPS) is 24.0. The van der Waals surface area contributed by atoms with Gasteiger partial charge in [0.2, 0.25) is 17.6 Å². The van der Waals surface area contributed by atoms with Crippen LogP contribution in [0.4, 0.5) is 4.79 Å². The van der Waals surface area contributed by atoms with Crippen molar-refractivity contribution in [2.45, 2.75) is 159 Å². The first-order chi connectivity index (χ1) is 23.2. The first-order valence-electron chi connectivity index (χ1n) is 18.7. The van der Waals surface area contributed by atoms with Crippen molar-refractivity contribution in [1.29, 1.82) is 0 Å². The molecule has 2 unspecified atom stereocenters. The van der Waals surface area contributed by atoms with E-state index < -0.39 is 68.3 Å². The van der Waals surface area contributed by atoms with Crippen molar-refractivity contribution in [2.75, 3.05) is 18.8 Å². The lowest BCUT2D eigenvalue weighted by atomic mass is 9.70. The van der Waals surface area contributed by atoms with Crippen LogP contribution < -0.4 is 21.3 Å². The number of ketones is 1. The van der Waals surface area contributed by atoms with E-state index in [1.54, 1.807) is 17.1 Å². The van der Waals surface area contributed by atoms with Crippen LogP contribution in [0.25, 0.3) is 0 Å². The summed E-state index contributed by atoms with van der Waals surface area (Å²) in [6.45, 7) is 10.5. The molecule has 0 aromatic heterocycles. The Bertz CT molecular complexity index is 1260. The molecule has 4 atom stereocenters. The number of urea groups is 1. The molecule has 5 amide bonds. The minimum atomic E-state index is -1.17. The lowest BCUT2D eigenvalue weighted by molar-refractivity contribution is -0.144. The summed E-state index contributed by atoms with van der Waals surface area (Å²) in [5.74, 6) is -1.40. The van der Waals surface area contributed by atoms with Gasteiger partial charge in [0.15, 0.2) is 0 Å². The minimum absolute atomic E-state index is 0.169. The van der Waals surface area contributed by atoms with Gasteiger partial charge in [0.25, 0.3) is 5.91 Å². The van der Waals surface area contributed by atoms with Crippen LogP contribution >= 0.6 is 0 Å². The van der Waals surface area contributed by atoms with Crippen LogP contribution in [0, 0.1) is 11.3 Å². The van der Waals surface area contributed by atoms with Gasteiger partial charge in [-0.2, -0.15) is 0 Å². The van der Waals surface area contributed by atoms with Crippen LogP contribution in [0.3, 0.4) is 0 Å². The topological polar surface area (TPSA) is 154 Å². The summed E-state index contributed by atoms with van der Waals surface area (Å²) in [6.07, 6.45) is 15.7. The Morgan fingerprint density at radius 1 is 0.898 bits per heavy atom. The number of rotatable bonds is 14. The van der Waals surface area contributed by atoms with Crippen molar-refractivity contribution in [3.05, 3.63) is 12.2 Å². The highest BCUT2D eigenvalue weighted by Crippen LogP contribution is 2.40. The number of carbonyl (C=O) groups excluding carboxylic acids is 5. The Hall–Kier alpha value is -2.76. The van der Waals surface area contributed by atoms with Crippen molar-refractivity contribution >= 4 is 40.3 Å². The number of amides is 5. The lowest BCUT2D eigenvalue weighted by Crippen LogP contribution is -2.64. The molecule has 12 heteroatoms. The first-order valence-corrected chi connectivity index (χ1v) is 20.0. The standard InChI is InChI=1S/C37H61N5O6S/c1-6-7-15-27(29(43)32(45)38-24-26-17-18-26)39-31(44)28-16-14-23-42(28)33(46)30(36(5)19-10-8-11-20-36)40-34(47)41-37(21-12-9-13-22-37)25-49(48)35(2,3)4/h6-7,26-28,30H,8-25H2,1-5H3,(H,38,45)(H,39,44)(H2,40,41,47)/b7-6-/t27?,28-,30+,49?/m0/s1. The van der Waals surface area contributed by atoms with E-state index >= 15 is 0 Å². The number of nitrogens with zero attached hydrogens (tertiary/aromatic N) is 1. The zero-order valence-electron chi connectivity index (χ0n) is 30.5. The third-order valence-corrected chi connectivity index (χ3v) is 13.2. The second-order valence-corrected chi connectivity index (χ2v) is 18.5. The number of carbonyl (C=O) groups is 5. The summed E-state index contributed by atoms with van der Waals surface area (Å²) in [5.41, 5.74) is -1.12. The molecule has 4 fully saturated rings. The average molecular weight is 704 g/mol. The average Bonchev–Trinajstić information content (AvgIpc) is 3.76. The molecule has 49 heavy (non-hydrogen) atoms. The summed E-state index contributed by atoms with van der Waals surface area (Å²) < 4.78 is 12.9. The van der Waals surface area contributed by atoms with Crippen LogP contribution in [0.5, 0.6) is 0 Å². The second kappa shape index (κ2) is 17.0. The van der Waals surface area contributed by atoms with Gasteiger partial charge in [-0.05, 0) is 96.8 Å². The van der Waals surface area contributed by atoms with Gasteiger partial charge in [0.05, 0.1) is 5.54 Å². The van der Waals surface area contributed by atoms with Gasteiger partial charge >= 0.3 is 6.03 Å². The van der Waals surface area contributed by atoms with Crippen LogP contribution in [0.15, 0.2) is 12.2 Å². The molecule has 0 radical (unpaired) electrons. The van der Waals surface area contributed by atoms with Crippen molar-refractivity contribution in [3.63, 3.8) is 0 Å². The second-order valence-electron chi connectivity index (χ2n) is 16.3. The fourth-order valence-electron chi connectivity index (χ4n) is 7.64. The summed E-state index contributed by atoms with van der Waals surface area (Å²) in [7, 11) is -1.17. The van der Waals surface area contributed by atoms with Crippen molar-refractivity contribution in [1.82, 2.24) is 26.2 Å². The van der Waals surface area contributed by atoms with Crippen LogP contribution in [-0.4, -0.2) is 85.9 Å². The quantitative estimate of drug-likeness (QED) is 0.155. The predicted molar refractivity (Wildman–Crippen MR) is 192 cm³/mol. The monoisotopic (exact) mass is 703 g/mol. The molecule has 1 saturated heterocycles. The first kappa shape index (κ1) is 39.0. The Labute approximate surface area is 295 Å². The number of hydrogen-bond acceptors (Lipinski definition) is 6. The van der Waals surface area contributed by atoms with Gasteiger partial charge in [0, 0.05) is 34.4 Å². The van der Waals surface area contributed by atoms with Gasteiger partial charge in [-0.15, -0.1) is 0 Å². The van der Waals surface area contributed by atoms with Crippen molar-refractivity contribution in [2.24, 2.45) is 11.3 Å². The molecule has 1 aliphatic heterocycles. The zero-order chi connectivity index (χ0) is 35.8. The third kappa shape index (κ3) is 10.6. The highest BCUT2D eigenvalue weighted by Gasteiger charge is 2.47. The highest BCUT2D eigenvalue weighted by molar-refractivity contribution is 7.86. The van der Waals surface area contributed by atoms with E-state index in [-0.39, 0.29) is 12.3 Å². The van der Waals surface area contributed by atoms with E-state index in [2.05, 4.69) is 28.2 Å². The van der Waals surface area contributed by atoms with E-state index in [9.17, 15) is 28.2 Å². The summed E-state index contributed by atoms with van der Waals surface area (Å²) in [5, 5.41) is 11.8. The molecule has 1 heterocycles. The molecule has 3 saturated carbocycles. The van der Waals surface area contributed by atoms with Gasteiger partial charge in [0.1, 0.15) is 18.1 Å². The molecule has 0 aromatic carbocycles. The fourth-order valence-corrected chi connectivity index (χ4v) is 8.93. The van der Waals surface area contributed by atoms with Gasteiger partial charge in [-0.25, -0.2) is 4.79 Å². The molecule has 4 aliphatic rings. The fraction of sp³-hybridized carbons (Fsp3) is 0.811. The van der Waals surface area contributed by atoms with Crippen molar-refractivity contribution in [3.8, 4) is 0 Å². The molecule has 0 aromatic rings. The number of nitrogens with one attached hydrogen (secondary N) is 4. The van der Waals surface area contributed by atoms with E-state index in [4.69, 9.17) is 0 Å². The van der Waals surface area contributed by atoms with Gasteiger partial charge in [-0.3, -0.25) is 23.4 Å². The minimum Gasteiger partial charge on any atom is -0.349 e. The Morgan fingerprint density at radius 2 is 1.53 bits per heavy atom. The molecular weight excluding hydrogens is 643 g/mol. The summed E-state index contributed by atoms with van der Waals surface area (Å²) >= 11 is 0. The van der Waals surface area contributed by atoms with E-state index in [0.717, 1.165) is 77.0 Å². The molecule has 0 bridgehead atoms. The maximum atomic E-state index is 14.5. The van der Waals surface area contributed by atoms with Gasteiger partial charge < -0.3 is 26.2 Å². The maximum absolute atomic E-state index is 14.5. The van der Waals surface area contributed by atoms with Crippen molar-refractivity contribution < 1.29 is 28.2 Å². The Kier molecular flexibility index (Phi) is 13.5. The molecule has 276 valence electrons. The molecule has 4 N–H and O–H groups in total. The van der Waals surface area contributed by atoms with Crippen LogP contribution in [-0.2, 0) is 30.0 Å². The van der Waals surface area contributed by atoms with Crippen LogP contribution in [0.2, 0.25) is 0 Å². The molecular formula is C37H61N5O6S. The number of likely N-dealkylation sites (tertiary alicyclic amines) is 1. The molecule has 3 aliphatic carbocycles. The van der Waals surface area contributed by atoms with Gasteiger partial charge in [-0.1, -0.05) is 57.6 Å². The zero-order valence-corrected chi connectivity index (χ0v) is 31.3.